The molecule has 8 nitrogen and oxygen atoms in total. The van der Waals surface area contributed by atoms with Crippen LogP contribution in [0.1, 0.15) is 31.9 Å². The number of fused-ring (bicyclic) bond motifs is 1. The van der Waals surface area contributed by atoms with Crippen LogP contribution in [0.15, 0.2) is 91.1 Å². The molecule has 0 saturated heterocycles. The zero-order valence-electron chi connectivity index (χ0n) is 25.9. The highest BCUT2D eigenvalue weighted by Crippen LogP contribution is 2.39. The molecule has 1 heterocycles. The quantitative estimate of drug-likeness (QED) is 0.146. The van der Waals surface area contributed by atoms with Crippen molar-refractivity contribution in [1.82, 2.24) is 9.97 Å². The van der Waals surface area contributed by atoms with E-state index in [9.17, 15) is 4.79 Å². The van der Waals surface area contributed by atoms with Gasteiger partial charge in [-0.05, 0) is 54.1 Å². The summed E-state index contributed by atoms with van der Waals surface area (Å²) in [6.07, 6.45) is 1.66. The van der Waals surface area contributed by atoms with Gasteiger partial charge in [0, 0.05) is 34.9 Å². The van der Waals surface area contributed by atoms with Gasteiger partial charge in [-0.3, -0.25) is 0 Å². The molecule has 4 aromatic carbocycles. The van der Waals surface area contributed by atoms with Crippen molar-refractivity contribution in [2.24, 2.45) is 0 Å². The maximum absolute atomic E-state index is 13.4. The number of ether oxygens (including phenoxy) is 2. The SMILES string of the molecule is COc1c(NC(=O)Nc2ccc(Oc3ccnc(NCc4ccccc4)n3)c3ccccc23)cc(C(C)(C)C)cc1P(C)C. The van der Waals surface area contributed by atoms with Crippen molar-refractivity contribution in [3.05, 3.63) is 102 Å². The fourth-order valence-electron chi connectivity index (χ4n) is 4.81. The Balaban J connectivity index is 1.36. The molecule has 5 rings (SSSR count). The first-order valence-corrected chi connectivity index (χ1v) is 16.6. The molecule has 226 valence electrons. The summed E-state index contributed by atoms with van der Waals surface area (Å²) in [7, 11) is 1.18. The number of aromatic nitrogens is 2. The van der Waals surface area contributed by atoms with Crippen LogP contribution >= 0.6 is 7.92 Å². The Bertz CT molecular complexity index is 1770. The monoisotopic (exact) mass is 607 g/mol. The maximum Gasteiger partial charge on any atom is 0.323 e. The molecule has 0 bridgehead atoms. The fourth-order valence-corrected chi connectivity index (χ4v) is 5.82. The summed E-state index contributed by atoms with van der Waals surface area (Å²) in [6, 6.07) is 27.0. The minimum atomic E-state index is -0.462. The highest BCUT2D eigenvalue weighted by atomic mass is 31.1. The molecule has 1 aromatic heterocycles. The number of rotatable bonds is 9. The fraction of sp³-hybridized carbons (Fsp3) is 0.229. The number of methoxy groups -OCH3 is 1. The van der Waals surface area contributed by atoms with E-state index in [1.807, 2.05) is 72.8 Å². The Kier molecular flexibility index (Phi) is 9.31. The zero-order valence-corrected chi connectivity index (χ0v) is 26.8. The van der Waals surface area contributed by atoms with Crippen LogP contribution in [0.3, 0.4) is 0 Å². The summed E-state index contributed by atoms with van der Waals surface area (Å²) in [5.41, 5.74) is 3.47. The summed E-state index contributed by atoms with van der Waals surface area (Å²) in [4.78, 5) is 22.2. The number of amides is 2. The minimum Gasteiger partial charge on any atom is -0.494 e. The van der Waals surface area contributed by atoms with Crippen LogP contribution < -0.4 is 30.7 Å². The normalized spacial score (nSPS) is 11.3. The predicted molar refractivity (Wildman–Crippen MR) is 183 cm³/mol. The van der Waals surface area contributed by atoms with E-state index in [1.165, 1.54) is 0 Å². The second-order valence-electron chi connectivity index (χ2n) is 11.6. The lowest BCUT2D eigenvalue weighted by molar-refractivity contribution is 0.262. The lowest BCUT2D eigenvalue weighted by atomic mass is 9.86. The van der Waals surface area contributed by atoms with Crippen molar-refractivity contribution in [3.63, 3.8) is 0 Å². The van der Waals surface area contributed by atoms with Crippen LogP contribution in [0.2, 0.25) is 0 Å². The standard InChI is InChI=1S/C35H38N5O3P/c1-35(2,3)24-20-28(32(42-4)30(21-24)44(5)6)39-34(41)38-27-16-17-29(26-15-11-10-14-25(26)27)43-31-18-19-36-33(40-31)37-22-23-12-8-7-9-13-23/h7-21H,22H2,1-6H3,(H,36,37,40)(H2,38,39,41). The maximum atomic E-state index is 13.4. The van der Waals surface area contributed by atoms with Gasteiger partial charge in [-0.2, -0.15) is 4.98 Å². The van der Waals surface area contributed by atoms with Crippen LogP contribution in [-0.4, -0.2) is 36.4 Å². The molecule has 0 unspecified atom stereocenters. The molecule has 9 heteroatoms. The van der Waals surface area contributed by atoms with Gasteiger partial charge in [-0.1, -0.05) is 83.3 Å². The van der Waals surface area contributed by atoms with Gasteiger partial charge < -0.3 is 25.4 Å². The zero-order chi connectivity index (χ0) is 31.3. The van der Waals surface area contributed by atoms with E-state index in [4.69, 9.17) is 9.47 Å². The average molecular weight is 608 g/mol. The van der Waals surface area contributed by atoms with Gasteiger partial charge in [0.25, 0.3) is 0 Å². The molecule has 44 heavy (non-hydrogen) atoms. The second kappa shape index (κ2) is 13.3. The molecule has 0 saturated carbocycles. The highest BCUT2D eigenvalue weighted by molar-refractivity contribution is 7.64. The van der Waals surface area contributed by atoms with Crippen molar-refractivity contribution in [2.75, 3.05) is 36.4 Å². The molecular weight excluding hydrogens is 569 g/mol. The summed E-state index contributed by atoms with van der Waals surface area (Å²) in [6.45, 7) is 11.5. The minimum absolute atomic E-state index is 0.0896. The van der Waals surface area contributed by atoms with Crippen molar-refractivity contribution < 1.29 is 14.3 Å². The van der Waals surface area contributed by atoms with Gasteiger partial charge in [0.15, 0.2) is 0 Å². The van der Waals surface area contributed by atoms with Gasteiger partial charge in [0.2, 0.25) is 11.8 Å². The first-order valence-electron chi connectivity index (χ1n) is 14.4. The molecule has 0 atom stereocenters. The van der Waals surface area contributed by atoms with Crippen molar-refractivity contribution >= 4 is 47.4 Å². The van der Waals surface area contributed by atoms with Gasteiger partial charge >= 0.3 is 6.03 Å². The Hall–Kier alpha value is -4.68. The van der Waals surface area contributed by atoms with Crippen LogP contribution in [0, 0.1) is 0 Å². The molecular formula is C35H38N5O3P. The number of anilines is 3. The van der Waals surface area contributed by atoms with Crippen molar-refractivity contribution in [3.8, 4) is 17.4 Å². The van der Waals surface area contributed by atoms with E-state index in [2.05, 4.69) is 66.1 Å². The van der Waals surface area contributed by atoms with Gasteiger partial charge in [-0.15, -0.1) is 0 Å². The number of carbonyl (C=O) groups is 1. The molecule has 0 fully saturated rings. The third-order valence-corrected chi connectivity index (χ3v) is 8.44. The summed E-state index contributed by atoms with van der Waals surface area (Å²) < 4.78 is 12.0. The number of nitrogens with zero attached hydrogens (tertiary/aromatic N) is 2. The van der Waals surface area contributed by atoms with Crippen LogP contribution in [0.25, 0.3) is 10.8 Å². The van der Waals surface area contributed by atoms with E-state index in [-0.39, 0.29) is 11.4 Å². The van der Waals surface area contributed by atoms with Crippen molar-refractivity contribution in [2.45, 2.75) is 32.7 Å². The lowest BCUT2D eigenvalue weighted by Crippen LogP contribution is -2.23. The number of benzene rings is 4. The molecule has 0 spiro atoms. The van der Waals surface area contributed by atoms with E-state index in [1.54, 1.807) is 19.4 Å². The molecule has 3 N–H and O–H groups in total. The van der Waals surface area contributed by atoms with E-state index >= 15 is 0 Å². The number of carbonyl (C=O) groups excluding carboxylic acids is 1. The molecule has 0 radical (unpaired) electrons. The average Bonchev–Trinajstić information content (AvgIpc) is 3.01. The van der Waals surface area contributed by atoms with Crippen molar-refractivity contribution in [1.29, 1.82) is 0 Å². The third-order valence-electron chi connectivity index (χ3n) is 7.14. The van der Waals surface area contributed by atoms with Crippen LogP contribution in [0.5, 0.6) is 17.4 Å². The molecule has 0 aliphatic carbocycles. The van der Waals surface area contributed by atoms with E-state index < -0.39 is 7.92 Å². The second-order valence-corrected chi connectivity index (χ2v) is 13.9. The number of nitrogens with one attached hydrogen (secondary N) is 3. The van der Waals surface area contributed by atoms with Gasteiger partial charge in [0.1, 0.15) is 11.5 Å². The van der Waals surface area contributed by atoms with E-state index in [0.717, 1.165) is 27.2 Å². The molecule has 2 amide bonds. The summed E-state index contributed by atoms with van der Waals surface area (Å²) in [5.74, 6) is 2.19. The first kappa shape index (κ1) is 30.8. The van der Waals surface area contributed by atoms with Crippen LogP contribution in [0.4, 0.5) is 22.1 Å². The third kappa shape index (κ3) is 7.26. The van der Waals surface area contributed by atoms with Gasteiger partial charge in [0.05, 0.1) is 18.5 Å². The summed E-state index contributed by atoms with van der Waals surface area (Å²) in [5, 5.41) is 12.1. The number of urea groups is 1. The van der Waals surface area contributed by atoms with E-state index in [0.29, 0.717) is 41.2 Å². The first-order chi connectivity index (χ1) is 21.1. The molecule has 0 aliphatic rings. The highest BCUT2D eigenvalue weighted by Gasteiger charge is 2.22. The smallest absolute Gasteiger partial charge is 0.323 e. The number of hydrogen-bond acceptors (Lipinski definition) is 6. The Labute approximate surface area is 260 Å². The largest absolute Gasteiger partial charge is 0.494 e. The molecule has 5 aromatic rings. The predicted octanol–water partition coefficient (Wildman–Crippen LogP) is 8.35. The Morgan fingerprint density at radius 1 is 0.864 bits per heavy atom. The lowest BCUT2D eigenvalue weighted by Gasteiger charge is -2.25. The van der Waals surface area contributed by atoms with Crippen LogP contribution in [-0.2, 0) is 12.0 Å². The topological polar surface area (TPSA) is 97.4 Å². The summed E-state index contributed by atoms with van der Waals surface area (Å²) >= 11 is 0. The Morgan fingerprint density at radius 3 is 2.27 bits per heavy atom. The van der Waals surface area contributed by atoms with Gasteiger partial charge in [-0.25, -0.2) is 9.78 Å². The number of hydrogen-bond donors (Lipinski definition) is 3. The molecule has 0 aliphatic heterocycles. The Morgan fingerprint density at radius 2 is 1.57 bits per heavy atom.